The number of piperidine rings is 1. The molecule has 6 nitrogen and oxygen atoms in total. The molecule has 2 N–H and O–H groups in total. The molecule has 24 heavy (non-hydrogen) atoms. The van der Waals surface area contributed by atoms with Crippen molar-refractivity contribution in [2.45, 2.75) is 38.6 Å². The Labute approximate surface area is 142 Å². The van der Waals surface area contributed by atoms with Crippen molar-refractivity contribution in [1.82, 2.24) is 5.32 Å². The van der Waals surface area contributed by atoms with Crippen LogP contribution < -0.4 is 10.2 Å². The van der Waals surface area contributed by atoms with Crippen molar-refractivity contribution in [1.29, 1.82) is 0 Å². The summed E-state index contributed by atoms with van der Waals surface area (Å²) in [5.41, 5.74) is 0.669. The van der Waals surface area contributed by atoms with Crippen LogP contribution in [0.3, 0.4) is 0 Å². The van der Waals surface area contributed by atoms with E-state index in [-0.39, 0.29) is 11.6 Å². The topological polar surface area (TPSA) is 76.7 Å². The predicted octanol–water partition coefficient (Wildman–Crippen LogP) is 1.57. The first kappa shape index (κ1) is 18.1. The maximum absolute atomic E-state index is 11.8. The molecule has 0 saturated carbocycles. The quantitative estimate of drug-likeness (QED) is 0.344. The molecule has 1 aromatic rings. The molecule has 2 rings (SSSR count). The van der Waals surface area contributed by atoms with Crippen molar-refractivity contribution in [3.8, 4) is 0 Å². The van der Waals surface area contributed by atoms with E-state index in [1.807, 2.05) is 0 Å². The summed E-state index contributed by atoms with van der Waals surface area (Å²) in [4.78, 5) is 23.7. The highest BCUT2D eigenvalue weighted by Gasteiger charge is 2.20. The lowest BCUT2D eigenvalue weighted by atomic mass is 10.0. The summed E-state index contributed by atoms with van der Waals surface area (Å²) in [6.07, 6.45) is 7.93. The Morgan fingerprint density at radius 1 is 1.46 bits per heavy atom. The van der Waals surface area contributed by atoms with Gasteiger partial charge in [-0.25, -0.2) is 0 Å². The van der Waals surface area contributed by atoms with Crippen molar-refractivity contribution in [3.63, 3.8) is 0 Å². The van der Waals surface area contributed by atoms with Crippen LogP contribution in [0.1, 0.15) is 38.2 Å². The summed E-state index contributed by atoms with van der Waals surface area (Å²) in [6.45, 7) is 5.29. The van der Waals surface area contributed by atoms with Crippen LogP contribution in [0.2, 0.25) is 0 Å². The number of carbonyl (C=O) groups is 1. The second-order valence-electron chi connectivity index (χ2n) is 6.39. The third-order valence-corrected chi connectivity index (χ3v) is 4.56. The number of non-ortho nitro benzene ring substituents is 1. The summed E-state index contributed by atoms with van der Waals surface area (Å²) in [6, 6.07) is 6.95. The minimum Gasteiger partial charge on any atom is -0.352 e. The van der Waals surface area contributed by atoms with Crippen LogP contribution in [0.25, 0.3) is 6.08 Å². The number of nitrogens with zero attached hydrogens (tertiary/aromatic N) is 1. The molecule has 1 aliphatic rings. The zero-order chi connectivity index (χ0) is 17.4. The minimum absolute atomic E-state index is 0.0242. The van der Waals surface area contributed by atoms with E-state index in [0.29, 0.717) is 12.1 Å². The Morgan fingerprint density at radius 2 is 2.29 bits per heavy atom. The molecule has 0 aromatic heterocycles. The van der Waals surface area contributed by atoms with E-state index < -0.39 is 4.92 Å². The first-order chi connectivity index (χ1) is 11.6. The number of amides is 1. The van der Waals surface area contributed by atoms with Gasteiger partial charge in [-0.2, -0.15) is 0 Å². The predicted molar refractivity (Wildman–Crippen MR) is 93.8 cm³/mol. The molecule has 0 spiro atoms. The first-order valence-corrected chi connectivity index (χ1v) is 8.61. The van der Waals surface area contributed by atoms with Crippen molar-refractivity contribution in [2.75, 3.05) is 19.6 Å². The fourth-order valence-electron chi connectivity index (χ4n) is 3.12. The zero-order valence-corrected chi connectivity index (χ0v) is 14.2. The Morgan fingerprint density at radius 3 is 3.04 bits per heavy atom. The van der Waals surface area contributed by atoms with Gasteiger partial charge in [0.05, 0.1) is 24.1 Å². The third kappa shape index (κ3) is 5.77. The lowest BCUT2D eigenvalue weighted by Gasteiger charge is -2.30. The molecule has 1 saturated heterocycles. The molecule has 1 aromatic carbocycles. The monoisotopic (exact) mass is 332 g/mol. The average molecular weight is 332 g/mol. The molecule has 1 aliphatic heterocycles. The summed E-state index contributed by atoms with van der Waals surface area (Å²) in [7, 11) is 0. The molecule has 1 fully saturated rings. The number of hydrogen-bond acceptors (Lipinski definition) is 3. The lowest BCUT2D eigenvalue weighted by molar-refractivity contribution is -0.928. The second-order valence-corrected chi connectivity index (χ2v) is 6.39. The second kappa shape index (κ2) is 9.17. The molecular formula is C18H26N3O3+. The van der Waals surface area contributed by atoms with Crippen LogP contribution in [0.4, 0.5) is 5.69 Å². The van der Waals surface area contributed by atoms with Gasteiger partial charge in [-0.1, -0.05) is 12.1 Å². The average Bonchev–Trinajstić information content (AvgIpc) is 2.58. The van der Waals surface area contributed by atoms with Gasteiger partial charge < -0.3 is 10.2 Å². The van der Waals surface area contributed by atoms with E-state index in [1.165, 1.54) is 44.0 Å². The van der Waals surface area contributed by atoms with Gasteiger partial charge in [0.15, 0.2) is 0 Å². The highest BCUT2D eigenvalue weighted by molar-refractivity contribution is 5.91. The molecule has 2 atom stereocenters. The van der Waals surface area contributed by atoms with Gasteiger partial charge in [0.2, 0.25) is 5.91 Å². The Hall–Kier alpha value is -2.21. The number of nitrogens with one attached hydrogen (secondary N) is 2. The van der Waals surface area contributed by atoms with E-state index in [2.05, 4.69) is 12.2 Å². The Kier molecular flexibility index (Phi) is 6.93. The first-order valence-electron chi connectivity index (χ1n) is 8.61. The molecule has 0 radical (unpaired) electrons. The number of nitro groups is 1. The summed E-state index contributed by atoms with van der Waals surface area (Å²) >= 11 is 0. The minimum atomic E-state index is -0.443. The van der Waals surface area contributed by atoms with Crippen molar-refractivity contribution in [3.05, 3.63) is 46.0 Å². The summed E-state index contributed by atoms with van der Waals surface area (Å²) in [5, 5.41) is 13.6. The number of hydrogen-bond donors (Lipinski definition) is 2. The molecule has 1 heterocycles. The standard InChI is InChI=1S/C18H25N3O3/c1-15-6-2-3-12-20(15)13-5-11-19-18(22)10-9-16-7-4-8-17(14-16)21(23)24/h4,7-10,14-15H,2-3,5-6,11-13H2,1H3,(H,19,22)/p+1/b10-9+/t15-/m0/s1. The van der Waals surface area contributed by atoms with Crippen molar-refractivity contribution < 1.29 is 14.6 Å². The maximum Gasteiger partial charge on any atom is 0.270 e. The van der Waals surface area contributed by atoms with Gasteiger partial charge in [-0.15, -0.1) is 0 Å². The molecule has 0 aliphatic carbocycles. The van der Waals surface area contributed by atoms with E-state index >= 15 is 0 Å². The number of nitro benzene ring substituents is 1. The van der Waals surface area contributed by atoms with Crippen LogP contribution >= 0.6 is 0 Å². The van der Waals surface area contributed by atoms with Gasteiger partial charge in [0, 0.05) is 31.2 Å². The molecule has 0 bridgehead atoms. The van der Waals surface area contributed by atoms with Gasteiger partial charge in [0.25, 0.3) is 5.69 Å². The number of rotatable bonds is 7. The Bertz CT molecular complexity index is 601. The number of benzene rings is 1. The third-order valence-electron chi connectivity index (χ3n) is 4.56. The highest BCUT2D eigenvalue weighted by atomic mass is 16.6. The van der Waals surface area contributed by atoms with Gasteiger partial charge in [0.1, 0.15) is 0 Å². The van der Waals surface area contributed by atoms with Gasteiger partial charge in [-0.3, -0.25) is 14.9 Å². The SMILES string of the molecule is C[C@H]1CCCC[NH+]1CCCNC(=O)/C=C/c1cccc([N+](=O)[O-])c1. The van der Waals surface area contributed by atoms with Crippen LogP contribution in [-0.4, -0.2) is 36.5 Å². The van der Waals surface area contributed by atoms with Crippen LogP contribution in [0, 0.1) is 10.1 Å². The summed E-state index contributed by atoms with van der Waals surface area (Å²) < 4.78 is 0. The Balaban J connectivity index is 1.71. The number of quaternary nitrogens is 1. The van der Waals surface area contributed by atoms with Crippen LogP contribution in [0.5, 0.6) is 0 Å². The summed E-state index contributed by atoms with van der Waals surface area (Å²) in [5.74, 6) is -0.164. The molecule has 1 unspecified atom stereocenters. The van der Waals surface area contributed by atoms with E-state index in [9.17, 15) is 14.9 Å². The zero-order valence-electron chi connectivity index (χ0n) is 14.2. The van der Waals surface area contributed by atoms with Crippen molar-refractivity contribution in [2.24, 2.45) is 0 Å². The fourth-order valence-corrected chi connectivity index (χ4v) is 3.12. The highest BCUT2D eigenvalue weighted by Crippen LogP contribution is 2.13. The fraction of sp³-hybridized carbons (Fsp3) is 0.500. The lowest BCUT2D eigenvalue weighted by Crippen LogP contribution is -3.16. The molecule has 6 heteroatoms. The van der Waals surface area contributed by atoms with Crippen molar-refractivity contribution >= 4 is 17.7 Å². The van der Waals surface area contributed by atoms with E-state index in [1.54, 1.807) is 23.1 Å². The van der Waals surface area contributed by atoms with Gasteiger partial charge >= 0.3 is 0 Å². The number of carbonyl (C=O) groups excluding carboxylic acids is 1. The van der Waals surface area contributed by atoms with Gasteiger partial charge in [-0.05, 0) is 37.8 Å². The van der Waals surface area contributed by atoms with E-state index in [0.717, 1.165) is 19.0 Å². The van der Waals surface area contributed by atoms with Crippen LogP contribution in [-0.2, 0) is 4.79 Å². The molecule has 130 valence electrons. The molecular weight excluding hydrogens is 306 g/mol. The largest absolute Gasteiger partial charge is 0.352 e. The number of likely N-dealkylation sites (tertiary alicyclic amines) is 1. The normalized spacial score (nSPS) is 20.9. The molecule has 1 amide bonds. The maximum atomic E-state index is 11.8. The van der Waals surface area contributed by atoms with E-state index in [4.69, 9.17) is 0 Å². The van der Waals surface area contributed by atoms with Crippen LogP contribution in [0.15, 0.2) is 30.3 Å². The smallest absolute Gasteiger partial charge is 0.270 e.